The number of aryl methyl sites for hydroxylation is 2. The third-order valence-corrected chi connectivity index (χ3v) is 3.69. The van der Waals surface area contributed by atoms with Crippen molar-refractivity contribution in [3.8, 4) is 5.75 Å². The first kappa shape index (κ1) is 15.0. The molecule has 0 aliphatic rings. The predicted octanol–water partition coefficient (Wildman–Crippen LogP) is 2.88. The molecule has 23 heavy (non-hydrogen) atoms. The zero-order valence-corrected chi connectivity index (χ0v) is 13.0. The minimum absolute atomic E-state index is 0.0570. The van der Waals surface area contributed by atoms with Gasteiger partial charge in [0.25, 0.3) is 5.91 Å². The van der Waals surface area contributed by atoms with E-state index in [1.54, 1.807) is 6.07 Å². The molecule has 0 unspecified atom stereocenters. The monoisotopic (exact) mass is 307 g/mol. The SMILES string of the molecule is Cc1cc(C)c2nnc(C(=O)NCc3ccccc3)c(O)c2c1. The molecule has 2 aromatic carbocycles. The first-order valence-corrected chi connectivity index (χ1v) is 7.35. The minimum atomic E-state index is -0.445. The van der Waals surface area contributed by atoms with E-state index >= 15 is 0 Å². The van der Waals surface area contributed by atoms with Crippen LogP contribution in [0.5, 0.6) is 5.75 Å². The summed E-state index contributed by atoms with van der Waals surface area (Å²) in [5, 5.41) is 21.7. The molecule has 0 aliphatic heterocycles. The Balaban J connectivity index is 1.90. The lowest BCUT2D eigenvalue weighted by Crippen LogP contribution is -2.24. The topological polar surface area (TPSA) is 75.1 Å². The molecule has 0 radical (unpaired) electrons. The molecule has 0 fully saturated rings. The Morgan fingerprint density at radius 2 is 1.87 bits per heavy atom. The first-order valence-electron chi connectivity index (χ1n) is 7.35. The molecule has 0 bridgehead atoms. The summed E-state index contributed by atoms with van der Waals surface area (Å²) in [4.78, 5) is 12.3. The van der Waals surface area contributed by atoms with E-state index in [9.17, 15) is 9.90 Å². The van der Waals surface area contributed by atoms with Crippen molar-refractivity contribution >= 4 is 16.8 Å². The predicted molar refractivity (Wildman–Crippen MR) is 88.3 cm³/mol. The van der Waals surface area contributed by atoms with Crippen molar-refractivity contribution in [2.24, 2.45) is 0 Å². The van der Waals surface area contributed by atoms with E-state index in [4.69, 9.17) is 0 Å². The number of carbonyl (C=O) groups is 1. The fourth-order valence-corrected chi connectivity index (χ4v) is 2.56. The van der Waals surface area contributed by atoms with Gasteiger partial charge in [0.05, 0.1) is 5.52 Å². The van der Waals surface area contributed by atoms with Crippen LogP contribution in [0.25, 0.3) is 10.9 Å². The smallest absolute Gasteiger partial charge is 0.275 e. The number of benzene rings is 2. The van der Waals surface area contributed by atoms with Gasteiger partial charge in [-0.2, -0.15) is 0 Å². The number of hydrogen-bond donors (Lipinski definition) is 2. The lowest BCUT2D eigenvalue weighted by atomic mass is 10.1. The third-order valence-electron chi connectivity index (χ3n) is 3.69. The Morgan fingerprint density at radius 3 is 2.61 bits per heavy atom. The quantitative estimate of drug-likeness (QED) is 0.780. The Labute approximate surface area is 134 Å². The number of aromatic hydroxyl groups is 1. The number of fused-ring (bicyclic) bond motifs is 1. The van der Waals surface area contributed by atoms with Crippen molar-refractivity contribution in [3.05, 3.63) is 64.8 Å². The molecule has 1 heterocycles. The van der Waals surface area contributed by atoms with E-state index in [-0.39, 0.29) is 11.4 Å². The van der Waals surface area contributed by atoms with Crippen LogP contribution in [-0.4, -0.2) is 21.2 Å². The molecule has 2 N–H and O–H groups in total. The van der Waals surface area contributed by atoms with Gasteiger partial charge in [-0.1, -0.05) is 36.4 Å². The number of nitrogens with zero attached hydrogens (tertiary/aromatic N) is 2. The summed E-state index contributed by atoms with van der Waals surface area (Å²) >= 11 is 0. The van der Waals surface area contributed by atoms with Crippen molar-refractivity contribution in [2.75, 3.05) is 0 Å². The highest BCUT2D eigenvalue weighted by molar-refractivity contribution is 6.00. The summed E-state index contributed by atoms with van der Waals surface area (Å²) in [5.74, 6) is -0.577. The summed E-state index contributed by atoms with van der Waals surface area (Å²) in [6.45, 7) is 4.20. The normalized spacial score (nSPS) is 10.7. The Morgan fingerprint density at radius 1 is 1.13 bits per heavy atom. The van der Waals surface area contributed by atoms with Gasteiger partial charge in [0.15, 0.2) is 11.4 Å². The van der Waals surface area contributed by atoms with Crippen molar-refractivity contribution < 1.29 is 9.90 Å². The van der Waals surface area contributed by atoms with Crippen LogP contribution >= 0.6 is 0 Å². The van der Waals surface area contributed by atoms with Crippen LogP contribution in [-0.2, 0) is 6.54 Å². The highest BCUT2D eigenvalue weighted by Crippen LogP contribution is 2.28. The Hall–Kier alpha value is -2.95. The average Bonchev–Trinajstić information content (AvgIpc) is 2.54. The van der Waals surface area contributed by atoms with Gasteiger partial charge >= 0.3 is 0 Å². The van der Waals surface area contributed by atoms with E-state index in [0.29, 0.717) is 17.4 Å². The van der Waals surface area contributed by atoms with Crippen molar-refractivity contribution in [1.82, 2.24) is 15.5 Å². The molecule has 5 nitrogen and oxygen atoms in total. The second-order valence-corrected chi connectivity index (χ2v) is 5.54. The Kier molecular flexibility index (Phi) is 3.93. The maximum atomic E-state index is 12.3. The van der Waals surface area contributed by atoms with Crippen LogP contribution in [0.15, 0.2) is 42.5 Å². The van der Waals surface area contributed by atoms with Gasteiger partial charge < -0.3 is 10.4 Å². The molecule has 116 valence electrons. The van der Waals surface area contributed by atoms with Gasteiger partial charge in [0.2, 0.25) is 0 Å². The number of nitrogens with one attached hydrogen (secondary N) is 1. The van der Waals surface area contributed by atoms with Gasteiger partial charge in [-0.15, -0.1) is 10.2 Å². The van der Waals surface area contributed by atoms with E-state index in [0.717, 1.165) is 16.7 Å². The molecule has 1 amide bonds. The van der Waals surface area contributed by atoms with Gasteiger partial charge in [0, 0.05) is 11.9 Å². The maximum absolute atomic E-state index is 12.3. The fourth-order valence-electron chi connectivity index (χ4n) is 2.56. The molecule has 0 spiro atoms. The van der Waals surface area contributed by atoms with E-state index in [2.05, 4.69) is 15.5 Å². The third kappa shape index (κ3) is 2.99. The molecule has 5 heteroatoms. The lowest BCUT2D eigenvalue weighted by Gasteiger charge is -2.09. The number of carbonyl (C=O) groups excluding carboxylic acids is 1. The van der Waals surface area contributed by atoms with Crippen LogP contribution in [0.4, 0.5) is 0 Å². The first-order chi connectivity index (χ1) is 11.1. The molecule has 3 rings (SSSR count). The van der Waals surface area contributed by atoms with Crippen molar-refractivity contribution in [2.45, 2.75) is 20.4 Å². The standard InChI is InChI=1S/C18H17N3O2/c1-11-8-12(2)15-14(9-11)17(22)16(21-20-15)18(23)19-10-13-6-4-3-5-7-13/h3-9H,10H2,1-2H3,(H,19,23)(H,20,22). The van der Waals surface area contributed by atoms with E-state index in [1.807, 2.05) is 50.2 Å². The molecular formula is C18H17N3O2. The van der Waals surface area contributed by atoms with Crippen molar-refractivity contribution in [1.29, 1.82) is 0 Å². The number of rotatable bonds is 3. The molecule has 1 aromatic heterocycles. The zero-order valence-electron chi connectivity index (χ0n) is 13.0. The highest BCUT2D eigenvalue weighted by Gasteiger charge is 2.17. The summed E-state index contributed by atoms with van der Waals surface area (Å²) < 4.78 is 0. The highest BCUT2D eigenvalue weighted by atomic mass is 16.3. The number of hydrogen-bond acceptors (Lipinski definition) is 4. The fraction of sp³-hybridized carbons (Fsp3) is 0.167. The van der Waals surface area contributed by atoms with Crippen LogP contribution in [0.3, 0.4) is 0 Å². The number of amides is 1. The molecule has 0 saturated heterocycles. The van der Waals surface area contributed by atoms with E-state index in [1.165, 1.54) is 0 Å². The lowest BCUT2D eigenvalue weighted by molar-refractivity contribution is 0.0942. The average molecular weight is 307 g/mol. The van der Waals surface area contributed by atoms with Gasteiger partial charge in [-0.05, 0) is 36.6 Å². The summed E-state index contributed by atoms with van der Waals surface area (Å²) in [6.07, 6.45) is 0. The summed E-state index contributed by atoms with van der Waals surface area (Å²) in [6, 6.07) is 13.3. The maximum Gasteiger partial charge on any atom is 0.275 e. The second-order valence-electron chi connectivity index (χ2n) is 5.54. The van der Waals surface area contributed by atoms with E-state index < -0.39 is 5.91 Å². The molecule has 0 atom stereocenters. The minimum Gasteiger partial charge on any atom is -0.505 e. The van der Waals surface area contributed by atoms with Crippen LogP contribution in [0.1, 0.15) is 27.2 Å². The van der Waals surface area contributed by atoms with Crippen LogP contribution in [0.2, 0.25) is 0 Å². The largest absolute Gasteiger partial charge is 0.505 e. The number of aromatic nitrogens is 2. The van der Waals surface area contributed by atoms with Crippen LogP contribution in [0, 0.1) is 13.8 Å². The van der Waals surface area contributed by atoms with Gasteiger partial charge in [-0.25, -0.2) is 0 Å². The molecule has 0 saturated carbocycles. The summed E-state index contributed by atoms with van der Waals surface area (Å²) in [7, 11) is 0. The molecule has 0 aliphatic carbocycles. The second kappa shape index (κ2) is 6.04. The molecule has 3 aromatic rings. The van der Waals surface area contributed by atoms with Gasteiger partial charge in [0.1, 0.15) is 0 Å². The summed E-state index contributed by atoms with van der Waals surface area (Å²) in [5.41, 5.74) is 3.43. The Bertz CT molecular complexity index is 876. The zero-order chi connectivity index (χ0) is 16.4. The van der Waals surface area contributed by atoms with Crippen LogP contribution < -0.4 is 5.32 Å². The molecular weight excluding hydrogens is 290 g/mol. The van der Waals surface area contributed by atoms with Crippen molar-refractivity contribution in [3.63, 3.8) is 0 Å². The van der Waals surface area contributed by atoms with Gasteiger partial charge in [-0.3, -0.25) is 4.79 Å².